The summed E-state index contributed by atoms with van der Waals surface area (Å²) in [6, 6.07) is 7.32. The molecule has 0 amide bonds. The summed E-state index contributed by atoms with van der Waals surface area (Å²) in [4.78, 5) is 38.3. The molecule has 0 fully saturated rings. The monoisotopic (exact) mass is 436 g/mol. The van der Waals surface area contributed by atoms with Gasteiger partial charge in [-0.1, -0.05) is 29.8 Å². The van der Waals surface area contributed by atoms with E-state index in [-0.39, 0.29) is 26.2 Å². The molecule has 162 valence electrons. The minimum absolute atomic E-state index is 0.00877. The van der Waals surface area contributed by atoms with Gasteiger partial charge < -0.3 is 14.2 Å². The Morgan fingerprint density at radius 2 is 1.50 bits per heavy atom. The van der Waals surface area contributed by atoms with E-state index in [2.05, 4.69) is 5.10 Å². The summed E-state index contributed by atoms with van der Waals surface area (Å²) >= 11 is 6.19. The van der Waals surface area contributed by atoms with Crippen LogP contribution in [0.15, 0.2) is 36.7 Å². The van der Waals surface area contributed by atoms with Gasteiger partial charge in [0, 0.05) is 17.6 Å². The molecule has 0 saturated heterocycles. The van der Waals surface area contributed by atoms with E-state index in [0.29, 0.717) is 17.1 Å². The van der Waals surface area contributed by atoms with Crippen LogP contribution in [0.5, 0.6) is 0 Å². The first-order chi connectivity index (χ1) is 14.4. The van der Waals surface area contributed by atoms with Crippen molar-refractivity contribution >= 4 is 29.5 Å². The maximum Gasteiger partial charge on any atom is 0.335 e. The number of carbonyl (C=O) groups is 3. The number of halogens is 1. The van der Waals surface area contributed by atoms with E-state index in [0.717, 1.165) is 5.56 Å². The van der Waals surface area contributed by atoms with Crippen LogP contribution in [-0.4, -0.2) is 47.5 Å². The van der Waals surface area contributed by atoms with E-state index in [9.17, 15) is 14.4 Å². The molecule has 1 aromatic heterocycles. The van der Waals surface area contributed by atoms with Crippen molar-refractivity contribution in [1.29, 1.82) is 0 Å². The van der Waals surface area contributed by atoms with Gasteiger partial charge in [-0.15, -0.1) is 0 Å². The van der Waals surface area contributed by atoms with E-state index < -0.39 is 23.3 Å². The lowest BCUT2D eigenvalue weighted by Gasteiger charge is -2.26. The van der Waals surface area contributed by atoms with E-state index in [1.54, 1.807) is 37.7 Å². The third-order valence-corrected chi connectivity index (χ3v) is 4.69. The van der Waals surface area contributed by atoms with Crippen molar-refractivity contribution < 1.29 is 28.6 Å². The maximum absolute atomic E-state index is 12.8. The Bertz CT molecular complexity index is 850. The fraction of sp³-hybridized carbons (Fsp3) is 0.429. The number of hydrogen-bond acceptors (Lipinski definition) is 7. The van der Waals surface area contributed by atoms with Crippen molar-refractivity contribution in [2.24, 2.45) is 5.41 Å². The SMILES string of the molecule is CCOC(=O)C(Cc1cnn(Cc2ccccc2Cl)c1)(C(=O)OCC)C(=O)OCC. The first-order valence-electron chi connectivity index (χ1n) is 9.65. The molecule has 2 rings (SSSR count). The summed E-state index contributed by atoms with van der Waals surface area (Å²) in [5, 5.41) is 4.85. The Balaban J connectivity index is 2.38. The molecule has 8 nitrogen and oxygen atoms in total. The molecule has 0 unspecified atom stereocenters. The molecule has 0 N–H and O–H groups in total. The third-order valence-electron chi connectivity index (χ3n) is 4.32. The lowest BCUT2D eigenvalue weighted by molar-refractivity contribution is -0.183. The molecule has 0 spiro atoms. The van der Waals surface area contributed by atoms with Gasteiger partial charge in [0.2, 0.25) is 0 Å². The quantitative estimate of drug-likeness (QED) is 0.321. The molecular formula is C21H25ClN2O6. The molecule has 1 aromatic carbocycles. The first-order valence-corrected chi connectivity index (χ1v) is 10.0. The summed E-state index contributed by atoms with van der Waals surface area (Å²) in [5.41, 5.74) is -0.947. The highest BCUT2D eigenvalue weighted by Crippen LogP contribution is 2.30. The molecule has 0 saturated carbocycles. The van der Waals surface area contributed by atoms with Gasteiger partial charge >= 0.3 is 17.9 Å². The first kappa shape index (κ1) is 23.4. The van der Waals surface area contributed by atoms with Gasteiger partial charge in [-0.3, -0.25) is 19.1 Å². The van der Waals surface area contributed by atoms with Gasteiger partial charge in [0.05, 0.1) is 32.6 Å². The fourth-order valence-corrected chi connectivity index (χ4v) is 3.12. The summed E-state index contributed by atoms with van der Waals surface area (Å²) in [6.07, 6.45) is 2.81. The normalized spacial score (nSPS) is 11.1. The Kier molecular flexibility index (Phi) is 8.41. The molecule has 30 heavy (non-hydrogen) atoms. The fourth-order valence-electron chi connectivity index (χ4n) is 2.92. The lowest BCUT2D eigenvalue weighted by Crippen LogP contribution is -2.51. The standard InChI is InChI=1S/C21H25ClN2O6/c1-4-28-18(25)21(19(26)29-5-2,20(27)30-6-3)11-15-12-23-24(13-15)14-16-9-7-8-10-17(16)22/h7-10,12-13H,4-6,11,14H2,1-3H3. The third kappa shape index (κ3) is 5.18. The van der Waals surface area contributed by atoms with Crippen LogP contribution < -0.4 is 0 Å². The second-order valence-electron chi connectivity index (χ2n) is 6.38. The number of nitrogens with zero attached hydrogens (tertiary/aromatic N) is 2. The Labute approximate surface area is 180 Å². The summed E-state index contributed by atoms with van der Waals surface area (Å²) in [5.74, 6) is -3.04. The number of ether oxygens (including phenoxy) is 3. The van der Waals surface area contributed by atoms with E-state index in [1.165, 1.54) is 6.20 Å². The van der Waals surface area contributed by atoms with Crippen LogP contribution in [0.3, 0.4) is 0 Å². The van der Waals surface area contributed by atoms with Crippen LogP contribution in [0.4, 0.5) is 0 Å². The van der Waals surface area contributed by atoms with Gasteiger partial charge in [0.25, 0.3) is 5.41 Å². The maximum atomic E-state index is 12.8. The number of benzene rings is 1. The Hall–Kier alpha value is -2.87. The second kappa shape index (κ2) is 10.8. The molecule has 1 heterocycles. The van der Waals surface area contributed by atoms with Crippen LogP contribution in [0.1, 0.15) is 31.9 Å². The zero-order valence-corrected chi connectivity index (χ0v) is 18.0. The molecule has 0 bridgehead atoms. The smallest absolute Gasteiger partial charge is 0.335 e. The van der Waals surface area contributed by atoms with E-state index >= 15 is 0 Å². The van der Waals surface area contributed by atoms with E-state index in [4.69, 9.17) is 25.8 Å². The number of carbonyl (C=O) groups excluding carboxylic acids is 3. The number of esters is 3. The van der Waals surface area contributed by atoms with Crippen molar-refractivity contribution in [1.82, 2.24) is 9.78 Å². The minimum Gasteiger partial charge on any atom is -0.465 e. The van der Waals surface area contributed by atoms with Gasteiger partial charge in [-0.05, 0) is 38.0 Å². The zero-order valence-electron chi connectivity index (χ0n) is 17.2. The average Bonchev–Trinajstić information content (AvgIpc) is 3.15. The molecule has 0 aliphatic rings. The van der Waals surface area contributed by atoms with Crippen LogP contribution in [0.2, 0.25) is 5.02 Å². The molecule has 2 aromatic rings. The van der Waals surface area contributed by atoms with Crippen molar-refractivity contribution in [2.75, 3.05) is 19.8 Å². The van der Waals surface area contributed by atoms with Crippen molar-refractivity contribution in [3.63, 3.8) is 0 Å². The van der Waals surface area contributed by atoms with Gasteiger partial charge in [-0.2, -0.15) is 5.10 Å². The molecule has 0 aliphatic heterocycles. The predicted molar refractivity (Wildman–Crippen MR) is 109 cm³/mol. The average molecular weight is 437 g/mol. The molecule has 0 aliphatic carbocycles. The molecule has 0 atom stereocenters. The highest BCUT2D eigenvalue weighted by atomic mass is 35.5. The minimum atomic E-state index is -2.26. The van der Waals surface area contributed by atoms with E-state index in [1.807, 2.05) is 18.2 Å². The zero-order chi connectivity index (χ0) is 22.1. The highest BCUT2D eigenvalue weighted by Gasteiger charge is 2.57. The Morgan fingerprint density at radius 1 is 0.967 bits per heavy atom. The van der Waals surface area contributed by atoms with Crippen LogP contribution in [-0.2, 0) is 41.6 Å². The van der Waals surface area contributed by atoms with Gasteiger partial charge in [0.15, 0.2) is 0 Å². The van der Waals surface area contributed by atoms with Crippen molar-refractivity contribution in [2.45, 2.75) is 33.7 Å². The largest absolute Gasteiger partial charge is 0.465 e. The topological polar surface area (TPSA) is 96.7 Å². The van der Waals surface area contributed by atoms with Gasteiger partial charge in [0.1, 0.15) is 0 Å². The van der Waals surface area contributed by atoms with Crippen LogP contribution >= 0.6 is 11.6 Å². The van der Waals surface area contributed by atoms with Crippen molar-refractivity contribution in [3.8, 4) is 0 Å². The molecule has 0 radical (unpaired) electrons. The van der Waals surface area contributed by atoms with Crippen molar-refractivity contribution in [3.05, 3.63) is 52.8 Å². The highest BCUT2D eigenvalue weighted by molar-refractivity contribution is 6.31. The lowest BCUT2D eigenvalue weighted by atomic mass is 9.82. The summed E-state index contributed by atoms with van der Waals surface area (Å²) in [7, 11) is 0. The predicted octanol–water partition coefficient (Wildman–Crippen LogP) is 2.80. The van der Waals surface area contributed by atoms with Crippen LogP contribution in [0, 0.1) is 5.41 Å². The number of aromatic nitrogens is 2. The van der Waals surface area contributed by atoms with Gasteiger partial charge in [-0.25, -0.2) is 0 Å². The number of hydrogen-bond donors (Lipinski definition) is 0. The number of rotatable bonds is 10. The van der Waals surface area contributed by atoms with Crippen LogP contribution in [0.25, 0.3) is 0 Å². The summed E-state index contributed by atoms with van der Waals surface area (Å²) < 4.78 is 16.7. The molecular weight excluding hydrogens is 412 g/mol. The summed E-state index contributed by atoms with van der Waals surface area (Å²) in [6.45, 7) is 5.11. The Morgan fingerprint density at radius 3 is 2.00 bits per heavy atom. The second-order valence-corrected chi connectivity index (χ2v) is 6.79. The molecule has 9 heteroatoms.